The summed E-state index contributed by atoms with van der Waals surface area (Å²) in [4.78, 5) is 47.5. The number of aromatic nitrogens is 4. The Morgan fingerprint density at radius 1 is 0.923 bits per heavy atom. The number of nitrogens with zero attached hydrogens (tertiary/aromatic N) is 4. The average molecular weight is 696 g/mol. The lowest BCUT2D eigenvalue weighted by atomic mass is 9.92. The van der Waals surface area contributed by atoms with E-state index >= 15 is 0 Å². The molecule has 3 heterocycles. The molecule has 266 valence electrons. The Kier molecular flexibility index (Phi) is 9.23. The molecule has 0 radical (unpaired) electrons. The number of hydrogen-bond acceptors (Lipinski definition) is 6. The molecule has 2 amide bonds. The van der Waals surface area contributed by atoms with Crippen LogP contribution in [-0.4, -0.2) is 61.7 Å². The van der Waals surface area contributed by atoms with Crippen molar-refractivity contribution in [3.05, 3.63) is 102 Å². The maximum absolute atomic E-state index is 14.0. The molecule has 1 atom stereocenters. The monoisotopic (exact) mass is 695 g/mol. The third-order valence-corrected chi connectivity index (χ3v) is 10.1. The van der Waals surface area contributed by atoms with E-state index in [0.29, 0.717) is 25.5 Å². The summed E-state index contributed by atoms with van der Waals surface area (Å²) in [6.07, 6.45) is 5.46. The Morgan fingerprint density at radius 2 is 1.75 bits per heavy atom. The lowest BCUT2D eigenvalue weighted by Crippen LogP contribution is -2.43. The van der Waals surface area contributed by atoms with E-state index in [1.807, 2.05) is 43.5 Å². The van der Waals surface area contributed by atoms with Crippen LogP contribution < -0.4 is 10.1 Å². The minimum absolute atomic E-state index is 0.00480. The highest BCUT2D eigenvalue weighted by molar-refractivity contribution is 6.07. The molecular formula is C42H45N7O3. The molecule has 1 saturated carbocycles. The number of aromatic amines is 2. The van der Waals surface area contributed by atoms with Crippen LogP contribution in [0.5, 0.6) is 5.75 Å². The third-order valence-electron chi connectivity index (χ3n) is 10.1. The van der Waals surface area contributed by atoms with E-state index in [0.717, 1.165) is 106 Å². The minimum Gasteiger partial charge on any atom is -0.488 e. The number of nitrogens with one attached hydrogen (secondary N) is 3. The van der Waals surface area contributed by atoms with Gasteiger partial charge in [0.25, 0.3) is 0 Å². The van der Waals surface area contributed by atoms with Crippen molar-refractivity contribution in [2.24, 2.45) is 5.92 Å². The van der Waals surface area contributed by atoms with E-state index in [2.05, 4.69) is 81.6 Å². The first-order chi connectivity index (χ1) is 25.4. The van der Waals surface area contributed by atoms with Gasteiger partial charge in [-0.2, -0.15) is 0 Å². The fourth-order valence-corrected chi connectivity index (χ4v) is 7.33. The third kappa shape index (κ3) is 6.78. The van der Waals surface area contributed by atoms with Crippen LogP contribution in [0.4, 0.5) is 0 Å². The summed E-state index contributed by atoms with van der Waals surface area (Å²) in [6.45, 7) is 7.36. The van der Waals surface area contributed by atoms with Gasteiger partial charge in [-0.15, -0.1) is 0 Å². The molecule has 3 N–H and O–H groups in total. The van der Waals surface area contributed by atoms with E-state index in [1.165, 1.54) is 0 Å². The summed E-state index contributed by atoms with van der Waals surface area (Å²) >= 11 is 0. The molecule has 10 nitrogen and oxygen atoms in total. The van der Waals surface area contributed by atoms with E-state index in [1.54, 1.807) is 4.90 Å². The fourth-order valence-electron chi connectivity index (χ4n) is 7.33. The Bertz CT molecular complexity index is 2250. The van der Waals surface area contributed by atoms with Crippen molar-refractivity contribution in [1.29, 1.82) is 0 Å². The minimum atomic E-state index is -0.740. The topological polar surface area (TPSA) is 119 Å². The molecule has 6 aromatic rings. The van der Waals surface area contributed by atoms with Crippen LogP contribution in [0.1, 0.15) is 68.3 Å². The van der Waals surface area contributed by atoms with Crippen LogP contribution in [0.2, 0.25) is 0 Å². The lowest BCUT2D eigenvalue weighted by molar-refractivity contribution is -0.137. The molecular weight excluding hydrogens is 651 g/mol. The number of carbonyl (C=O) groups is 2. The first-order valence-corrected chi connectivity index (χ1v) is 18.5. The highest BCUT2D eigenvalue weighted by Gasteiger charge is 2.34. The van der Waals surface area contributed by atoms with E-state index in [9.17, 15) is 9.59 Å². The first kappa shape index (κ1) is 33.7. The Hall–Kier alpha value is -5.48. The van der Waals surface area contributed by atoms with Gasteiger partial charge in [-0.25, -0.2) is 9.97 Å². The molecule has 1 aliphatic heterocycles. The maximum atomic E-state index is 14.0. The second kappa shape index (κ2) is 14.3. The van der Waals surface area contributed by atoms with Gasteiger partial charge >= 0.3 is 0 Å². The van der Waals surface area contributed by atoms with Crippen LogP contribution in [0.3, 0.4) is 0 Å². The van der Waals surface area contributed by atoms with Crippen molar-refractivity contribution in [2.75, 3.05) is 20.1 Å². The molecule has 0 spiro atoms. The summed E-state index contributed by atoms with van der Waals surface area (Å²) in [5.41, 5.74) is 7.97. The molecule has 52 heavy (non-hydrogen) atoms. The van der Waals surface area contributed by atoms with Gasteiger partial charge in [0, 0.05) is 23.4 Å². The molecule has 2 aromatic heterocycles. The van der Waals surface area contributed by atoms with Gasteiger partial charge in [0.05, 0.1) is 36.0 Å². The number of ether oxygens (including phenoxy) is 1. The van der Waals surface area contributed by atoms with E-state index in [4.69, 9.17) is 9.72 Å². The molecule has 1 fully saturated rings. The summed E-state index contributed by atoms with van der Waals surface area (Å²) in [5.74, 6) is 2.33. The highest BCUT2D eigenvalue weighted by atomic mass is 16.5. The summed E-state index contributed by atoms with van der Waals surface area (Å²) in [5, 5.41) is 5.24. The quantitative estimate of drug-likeness (QED) is 0.115. The van der Waals surface area contributed by atoms with Crippen LogP contribution in [-0.2, 0) is 29.3 Å². The molecule has 1 aliphatic carbocycles. The van der Waals surface area contributed by atoms with Crippen LogP contribution in [0.15, 0.2) is 79.0 Å². The highest BCUT2D eigenvalue weighted by Crippen LogP contribution is 2.42. The molecule has 8 rings (SSSR count). The predicted molar refractivity (Wildman–Crippen MR) is 203 cm³/mol. The van der Waals surface area contributed by atoms with Gasteiger partial charge < -0.3 is 24.9 Å². The van der Waals surface area contributed by atoms with Crippen molar-refractivity contribution in [3.8, 4) is 28.1 Å². The second-order valence-corrected chi connectivity index (χ2v) is 14.2. The van der Waals surface area contributed by atoms with Crippen molar-refractivity contribution < 1.29 is 14.3 Å². The summed E-state index contributed by atoms with van der Waals surface area (Å²) in [7, 11) is 2.12. The van der Waals surface area contributed by atoms with Gasteiger partial charge in [-0.05, 0) is 91.2 Å². The Morgan fingerprint density at radius 3 is 2.54 bits per heavy atom. The number of imidazole rings is 2. The number of carbonyl (C=O) groups excluding carboxylic acids is 2. The van der Waals surface area contributed by atoms with Gasteiger partial charge in [-0.1, -0.05) is 62.4 Å². The van der Waals surface area contributed by atoms with E-state index < -0.39 is 6.04 Å². The van der Waals surface area contributed by atoms with Crippen LogP contribution in [0, 0.1) is 5.92 Å². The van der Waals surface area contributed by atoms with E-state index in [-0.39, 0.29) is 17.7 Å². The van der Waals surface area contributed by atoms with Crippen molar-refractivity contribution in [1.82, 2.24) is 35.1 Å². The van der Waals surface area contributed by atoms with Crippen LogP contribution >= 0.6 is 0 Å². The van der Waals surface area contributed by atoms with Crippen molar-refractivity contribution in [2.45, 2.75) is 65.3 Å². The number of H-pyrrole nitrogens is 2. The molecule has 2 aliphatic rings. The fraction of sp³-hybridized carbons (Fsp3) is 0.333. The van der Waals surface area contributed by atoms with Crippen molar-refractivity contribution >= 4 is 33.6 Å². The molecule has 0 saturated heterocycles. The number of rotatable bonds is 13. The number of amides is 2. The number of fused-ring (bicyclic) bond motifs is 6. The Balaban J connectivity index is 1.02. The summed E-state index contributed by atoms with van der Waals surface area (Å²) in [6, 6.07) is 23.8. The largest absolute Gasteiger partial charge is 0.488 e. The molecule has 0 bridgehead atoms. The number of benzene rings is 4. The van der Waals surface area contributed by atoms with Crippen molar-refractivity contribution in [3.63, 3.8) is 0 Å². The lowest BCUT2D eigenvalue weighted by Gasteiger charge is -2.27. The molecule has 4 aromatic carbocycles. The maximum Gasteiger partial charge on any atom is 0.250 e. The van der Waals surface area contributed by atoms with Crippen LogP contribution in [0.25, 0.3) is 44.2 Å². The Labute approximate surface area is 303 Å². The zero-order valence-corrected chi connectivity index (χ0v) is 30.0. The van der Waals surface area contributed by atoms with Gasteiger partial charge in [0.2, 0.25) is 11.8 Å². The average Bonchev–Trinajstić information content (AvgIpc) is 3.77. The van der Waals surface area contributed by atoms with Gasteiger partial charge in [0.15, 0.2) is 0 Å². The smallest absolute Gasteiger partial charge is 0.250 e. The molecule has 10 heteroatoms. The normalized spacial score (nSPS) is 14.2. The SMILES string of the molecule is CCCN(C)Cc1nc2c(ccc3cc4c(cc32)OCc2cc(-c3cnc(CN(CCC)C(=O)[C@H](NC(=O)C5CC5)c5ccccc5)[nH]3)ccc2-4)[nH]1. The number of hydrogen-bond donors (Lipinski definition) is 3. The zero-order chi connectivity index (χ0) is 35.8. The van der Waals surface area contributed by atoms with Gasteiger partial charge in [-0.3, -0.25) is 14.5 Å². The summed E-state index contributed by atoms with van der Waals surface area (Å²) < 4.78 is 6.37. The van der Waals surface area contributed by atoms with Gasteiger partial charge in [0.1, 0.15) is 30.0 Å². The zero-order valence-electron chi connectivity index (χ0n) is 30.0. The second-order valence-electron chi connectivity index (χ2n) is 14.2. The first-order valence-electron chi connectivity index (χ1n) is 18.5. The predicted octanol–water partition coefficient (Wildman–Crippen LogP) is 7.51. The molecule has 0 unspecified atom stereocenters. The standard InChI is InChI=1S/C42H45N7O3/c1-4-17-48(3)23-38-44-34-16-14-28-20-33-31-15-13-29(19-30(31)25-52-36(33)21-32(28)40(34)46-38)35-22-43-37(45-35)24-49(18-5-2)42(51)39(26-9-7-6-8-10-26)47-41(50)27-11-12-27/h6-10,13-16,19-22,27,39H,4-5,11-12,17-18,23-25H2,1-3H3,(H,43,45)(H,44,46)(H,47,50)/t39-/m1/s1.